The zero-order valence-electron chi connectivity index (χ0n) is 11.4. The number of ether oxygens (including phenoxy) is 2. The highest BCUT2D eigenvalue weighted by Gasteiger charge is 2.43. The quantitative estimate of drug-likeness (QED) is 0.432. The molecule has 1 fully saturated rings. The van der Waals surface area contributed by atoms with Crippen molar-refractivity contribution in [1.29, 1.82) is 0 Å². The molecule has 1 aromatic heterocycles. The maximum absolute atomic E-state index is 10.0. The van der Waals surface area contributed by atoms with Crippen molar-refractivity contribution in [2.75, 3.05) is 6.61 Å². The topological polar surface area (TPSA) is 136 Å². The van der Waals surface area contributed by atoms with Gasteiger partial charge in [0.1, 0.15) is 24.0 Å². The Morgan fingerprint density at radius 3 is 2.86 bits per heavy atom. The first-order valence-corrected chi connectivity index (χ1v) is 6.56. The lowest BCUT2D eigenvalue weighted by molar-refractivity contribution is -0.259. The third-order valence-corrected chi connectivity index (χ3v) is 3.24. The molecule has 2 rings (SSSR count). The second kappa shape index (κ2) is 7.07. The van der Waals surface area contributed by atoms with Gasteiger partial charge in [0.05, 0.1) is 32.0 Å². The summed E-state index contributed by atoms with van der Waals surface area (Å²) in [5.74, 6) is 0. The Labute approximate surface area is 121 Å². The molecule has 21 heavy (non-hydrogen) atoms. The average molecular weight is 300 g/mol. The van der Waals surface area contributed by atoms with Gasteiger partial charge in [-0.25, -0.2) is 4.68 Å². The van der Waals surface area contributed by atoms with Gasteiger partial charge in [0, 0.05) is 0 Å². The fourth-order valence-corrected chi connectivity index (χ4v) is 2.10. The van der Waals surface area contributed by atoms with Gasteiger partial charge in [-0.15, -0.1) is 11.7 Å². The normalized spacial score (nSPS) is 33.0. The Bertz CT molecular complexity index is 468. The molecule has 5 N–H and O–H groups in total. The van der Waals surface area contributed by atoms with Gasteiger partial charge < -0.3 is 30.5 Å². The number of aliphatic hydroxyl groups excluding tert-OH is 3. The van der Waals surface area contributed by atoms with Crippen molar-refractivity contribution in [2.24, 2.45) is 5.73 Å². The molecule has 1 saturated heterocycles. The molecule has 2 heterocycles. The summed E-state index contributed by atoms with van der Waals surface area (Å²) in [7, 11) is 0. The van der Waals surface area contributed by atoms with Crippen LogP contribution in [0.4, 0.5) is 0 Å². The van der Waals surface area contributed by atoms with Crippen LogP contribution in [-0.4, -0.2) is 67.6 Å². The maximum atomic E-state index is 10.0. The molecule has 9 nitrogen and oxygen atoms in total. The van der Waals surface area contributed by atoms with E-state index in [0.717, 1.165) is 0 Å². The molecule has 1 aliphatic heterocycles. The average Bonchev–Trinajstić information content (AvgIpc) is 2.94. The maximum Gasteiger partial charge on any atom is 0.176 e. The third-order valence-electron chi connectivity index (χ3n) is 3.24. The van der Waals surface area contributed by atoms with Gasteiger partial charge >= 0.3 is 0 Å². The SMILES string of the molecule is C=CCO[C@H]1O[C@H](Cn2cc(CO)nn2)[C@H](O)[C@H](O)[C@H]1N. The Balaban J connectivity index is 2.04. The summed E-state index contributed by atoms with van der Waals surface area (Å²) in [4.78, 5) is 0. The summed E-state index contributed by atoms with van der Waals surface area (Å²) in [6, 6.07) is -0.861. The number of rotatable bonds is 6. The van der Waals surface area contributed by atoms with Crippen LogP contribution in [-0.2, 0) is 22.6 Å². The molecule has 0 aromatic carbocycles. The molecule has 5 atom stereocenters. The highest BCUT2D eigenvalue weighted by atomic mass is 16.7. The van der Waals surface area contributed by atoms with E-state index < -0.39 is 30.6 Å². The van der Waals surface area contributed by atoms with E-state index in [0.29, 0.717) is 5.69 Å². The molecule has 9 heteroatoms. The van der Waals surface area contributed by atoms with Crippen LogP contribution in [0.5, 0.6) is 0 Å². The van der Waals surface area contributed by atoms with Crippen LogP contribution in [0, 0.1) is 0 Å². The van der Waals surface area contributed by atoms with Gasteiger partial charge in [0.2, 0.25) is 0 Å². The molecule has 0 radical (unpaired) electrons. The van der Waals surface area contributed by atoms with Crippen LogP contribution in [0.2, 0.25) is 0 Å². The van der Waals surface area contributed by atoms with E-state index in [2.05, 4.69) is 16.9 Å². The number of hydrogen-bond acceptors (Lipinski definition) is 8. The fourth-order valence-electron chi connectivity index (χ4n) is 2.10. The number of nitrogens with two attached hydrogens (primary N) is 1. The molecule has 1 aromatic rings. The molecular weight excluding hydrogens is 280 g/mol. The third kappa shape index (κ3) is 3.64. The number of nitrogens with zero attached hydrogens (tertiary/aromatic N) is 3. The van der Waals surface area contributed by atoms with Crippen LogP contribution >= 0.6 is 0 Å². The van der Waals surface area contributed by atoms with Gasteiger partial charge in [0.25, 0.3) is 0 Å². The van der Waals surface area contributed by atoms with Crippen LogP contribution in [0.25, 0.3) is 0 Å². The molecular formula is C12H20N4O5. The smallest absolute Gasteiger partial charge is 0.176 e. The van der Waals surface area contributed by atoms with E-state index in [1.165, 1.54) is 17.0 Å². The first kappa shape index (κ1) is 16.0. The monoisotopic (exact) mass is 300 g/mol. The van der Waals surface area contributed by atoms with Crippen molar-refractivity contribution < 1.29 is 24.8 Å². The summed E-state index contributed by atoms with van der Waals surface area (Å²) in [6.45, 7) is 3.65. The molecule has 0 spiro atoms. The van der Waals surface area contributed by atoms with Crippen LogP contribution in [0.3, 0.4) is 0 Å². The molecule has 0 bridgehead atoms. The van der Waals surface area contributed by atoms with E-state index in [4.69, 9.17) is 20.3 Å². The highest BCUT2D eigenvalue weighted by Crippen LogP contribution is 2.22. The summed E-state index contributed by atoms with van der Waals surface area (Å²) in [5.41, 5.74) is 6.17. The standard InChI is InChI=1S/C12H20N4O5/c1-2-3-20-12-9(13)11(19)10(18)8(21-12)5-16-4-7(6-17)14-15-16/h2,4,8-12,17-19H,1,3,5-6,13H2/t8-,9-,10+,11-,12+/m1/s1. The summed E-state index contributed by atoms with van der Waals surface area (Å²) < 4.78 is 12.3. The van der Waals surface area contributed by atoms with E-state index in [1.807, 2.05) is 0 Å². The highest BCUT2D eigenvalue weighted by molar-refractivity contribution is 4.94. The van der Waals surface area contributed by atoms with Crippen molar-refractivity contribution >= 4 is 0 Å². The van der Waals surface area contributed by atoms with Crippen molar-refractivity contribution in [1.82, 2.24) is 15.0 Å². The lowest BCUT2D eigenvalue weighted by Crippen LogP contribution is -2.62. The molecule has 0 aliphatic carbocycles. The fraction of sp³-hybridized carbons (Fsp3) is 0.667. The van der Waals surface area contributed by atoms with E-state index in [9.17, 15) is 10.2 Å². The Kier molecular flexibility index (Phi) is 5.39. The Morgan fingerprint density at radius 1 is 1.48 bits per heavy atom. The lowest BCUT2D eigenvalue weighted by atomic mass is 9.97. The van der Waals surface area contributed by atoms with Gasteiger partial charge in [-0.05, 0) is 0 Å². The number of hydrogen-bond donors (Lipinski definition) is 4. The Hall–Kier alpha value is -1.36. The van der Waals surface area contributed by atoms with Crippen LogP contribution < -0.4 is 5.73 Å². The predicted octanol–water partition coefficient (Wildman–Crippen LogP) is -2.25. The summed E-state index contributed by atoms with van der Waals surface area (Å²) in [6.07, 6.45) is -0.913. The van der Waals surface area contributed by atoms with Crippen molar-refractivity contribution in [3.8, 4) is 0 Å². The minimum Gasteiger partial charge on any atom is -0.390 e. The molecule has 118 valence electrons. The minimum absolute atomic E-state index is 0.145. The van der Waals surface area contributed by atoms with Crippen molar-refractivity contribution in [2.45, 2.75) is 43.8 Å². The minimum atomic E-state index is -1.18. The van der Waals surface area contributed by atoms with E-state index in [1.54, 1.807) is 0 Å². The number of aromatic nitrogens is 3. The molecule has 0 unspecified atom stereocenters. The summed E-state index contributed by atoms with van der Waals surface area (Å²) >= 11 is 0. The molecule has 1 aliphatic rings. The van der Waals surface area contributed by atoms with Gasteiger partial charge in [-0.3, -0.25) is 0 Å². The van der Waals surface area contributed by atoms with Crippen LogP contribution in [0.1, 0.15) is 5.69 Å². The second-order valence-corrected chi connectivity index (χ2v) is 4.81. The first-order chi connectivity index (χ1) is 10.1. The first-order valence-electron chi connectivity index (χ1n) is 6.56. The second-order valence-electron chi connectivity index (χ2n) is 4.81. The van der Waals surface area contributed by atoms with Gasteiger partial charge in [-0.2, -0.15) is 0 Å². The van der Waals surface area contributed by atoms with Crippen LogP contribution in [0.15, 0.2) is 18.9 Å². The largest absolute Gasteiger partial charge is 0.390 e. The van der Waals surface area contributed by atoms with E-state index in [-0.39, 0.29) is 19.8 Å². The molecule has 0 amide bonds. The van der Waals surface area contributed by atoms with Gasteiger partial charge in [-0.1, -0.05) is 11.3 Å². The molecule has 0 saturated carbocycles. The van der Waals surface area contributed by atoms with E-state index >= 15 is 0 Å². The zero-order valence-corrected chi connectivity index (χ0v) is 11.4. The van der Waals surface area contributed by atoms with Crippen molar-refractivity contribution in [3.05, 3.63) is 24.5 Å². The Morgan fingerprint density at radius 2 is 2.24 bits per heavy atom. The number of aliphatic hydroxyl groups is 3. The summed E-state index contributed by atoms with van der Waals surface area (Å²) in [5, 5.41) is 36.5. The zero-order chi connectivity index (χ0) is 15.4. The van der Waals surface area contributed by atoms with Crippen molar-refractivity contribution in [3.63, 3.8) is 0 Å². The predicted molar refractivity (Wildman–Crippen MR) is 70.7 cm³/mol. The van der Waals surface area contributed by atoms with Gasteiger partial charge in [0.15, 0.2) is 6.29 Å². The lowest BCUT2D eigenvalue weighted by Gasteiger charge is -2.40.